The summed E-state index contributed by atoms with van der Waals surface area (Å²) in [6.45, 7) is 5.52. The third-order valence-electron chi connectivity index (χ3n) is 5.02. The van der Waals surface area contributed by atoms with E-state index in [1.807, 2.05) is 6.07 Å². The summed E-state index contributed by atoms with van der Waals surface area (Å²) < 4.78 is 1.16. The van der Waals surface area contributed by atoms with Crippen molar-refractivity contribution in [3.8, 4) is 0 Å². The summed E-state index contributed by atoms with van der Waals surface area (Å²) in [7, 11) is 0. The molecule has 0 aliphatic carbocycles. The zero-order chi connectivity index (χ0) is 16.5. The van der Waals surface area contributed by atoms with Crippen LogP contribution in [0.4, 0.5) is 0 Å². The fourth-order valence-corrected chi connectivity index (χ4v) is 5.59. The maximum atomic E-state index is 12.6. The molecule has 4 heterocycles. The van der Waals surface area contributed by atoms with Crippen LogP contribution in [0.25, 0.3) is 0 Å². The lowest BCUT2D eigenvalue weighted by atomic mass is 9.84. The number of hydrogen-bond donors (Lipinski definition) is 1. The summed E-state index contributed by atoms with van der Waals surface area (Å²) in [5, 5.41) is 3.27. The number of aryl methyl sites for hydroxylation is 1. The molecule has 1 atom stereocenters. The maximum absolute atomic E-state index is 12.6. The van der Waals surface area contributed by atoms with Crippen LogP contribution in [0.3, 0.4) is 0 Å². The van der Waals surface area contributed by atoms with Crippen LogP contribution < -0.4 is 5.32 Å². The summed E-state index contributed by atoms with van der Waals surface area (Å²) in [5.74, 6) is 0.759. The Hall–Kier alpha value is -1.30. The highest BCUT2D eigenvalue weighted by atomic mass is 32.2. The standard InChI is InChI=1S/C19H22N2OS2/c1-13-2-4-15(5-3-13)23-18-7-6-17(24-18)19(22)20-16-12-21-10-8-14(16)9-11-21/h2-7,14,16H,8-12H2,1H3,(H,20,22)/t16-/m0/s1. The minimum Gasteiger partial charge on any atom is -0.347 e. The lowest BCUT2D eigenvalue weighted by Gasteiger charge is -2.44. The zero-order valence-corrected chi connectivity index (χ0v) is 15.5. The van der Waals surface area contributed by atoms with Crippen molar-refractivity contribution in [1.82, 2.24) is 10.2 Å². The van der Waals surface area contributed by atoms with Crippen molar-refractivity contribution in [3.63, 3.8) is 0 Å². The van der Waals surface area contributed by atoms with Crippen molar-refractivity contribution in [3.05, 3.63) is 46.8 Å². The number of rotatable bonds is 4. The van der Waals surface area contributed by atoms with Crippen LogP contribution in [-0.4, -0.2) is 36.5 Å². The van der Waals surface area contributed by atoms with Gasteiger partial charge in [0.05, 0.1) is 9.09 Å². The molecule has 3 fully saturated rings. The molecule has 5 heteroatoms. The number of fused-ring (bicyclic) bond motifs is 3. The first-order valence-corrected chi connectivity index (χ1v) is 10.2. The molecule has 1 amide bonds. The van der Waals surface area contributed by atoms with Gasteiger partial charge in [0.1, 0.15) is 0 Å². The first-order valence-electron chi connectivity index (χ1n) is 8.55. The number of nitrogens with zero attached hydrogens (tertiary/aromatic N) is 1. The predicted octanol–water partition coefficient (Wildman–Crippen LogP) is 4.03. The summed E-state index contributed by atoms with van der Waals surface area (Å²) in [4.78, 5) is 17.1. The highest BCUT2D eigenvalue weighted by molar-refractivity contribution is 8.01. The van der Waals surface area contributed by atoms with E-state index >= 15 is 0 Å². The third-order valence-corrected chi connectivity index (χ3v) is 7.24. The monoisotopic (exact) mass is 358 g/mol. The molecular formula is C19H22N2OS2. The summed E-state index contributed by atoms with van der Waals surface area (Å²) in [5.41, 5.74) is 1.27. The molecule has 0 radical (unpaired) electrons. The number of benzene rings is 1. The molecule has 5 rings (SSSR count). The van der Waals surface area contributed by atoms with E-state index in [0.717, 1.165) is 15.6 Å². The quantitative estimate of drug-likeness (QED) is 0.895. The van der Waals surface area contributed by atoms with E-state index in [0.29, 0.717) is 12.0 Å². The van der Waals surface area contributed by atoms with E-state index in [9.17, 15) is 4.79 Å². The Morgan fingerprint density at radius 3 is 2.58 bits per heavy atom. The second-order valence-electron chi connectivity index (χ2n) is 6.75. The molecule has 1 aromatic carbocycles. The molecule has 2 bridgehead atoms. The van der Waals surface area contributed by atoms with Crippen LogP contribution in [0.2, 0.25) is 0 Å². The third kappa shape index (κ3) is 3.53. The van der Waals surface area contributed by atoms with E-state index in [1.165, 1.54) is 36.4 Å². The Labute approximate surface area is 151 Å². The minimum atomic E-state index is 0.0921. The summed E-state index contributed by atoms with van der Waals surface area (Å²) in [6, 6.07) is 12.8. The molecule has 3 aliphatic rings. The van der Waals surface area contributed by atoms with Crippen molar-refractivity contribution in [1.29, 1.82) is 0 Å². The van der Waals surface area contributed by atoms with Crippen LogP contribution in [0.1, 0.15) is 28.1 Å². The first-order chi connectivity index (χ1) is 11.7. The molecular weight excluding hydrogens is 336 g/mol. The molecule has 0 spiro atoms. The molecule has 126 valence electrons. The van der Waals surface area contributed by atoms with Gasteiger partial charge in [-0.25, -0.2) is 0 Å². The van der Waals surface area contributed by atoms with Crippen LogP contribution in [-0.2, 0) is 0 Å². The molecule has 3 nitrogen and oxygen atoms in total. The van der Waals surface area contributed by atoms with Gasteiger partial charge in [-0.3, -0.25) is 4.79 Å². The molecule has 3 saturated heterocycles. The average Bonchev–Trinajstić information content (AvgIpc) is 3.07. The lowest BCUT2D eigenvalue weighted by molar-refractivity contribution is 0.0622. The molecule has 1 aromatic heterocycles. The largest absolute Gasteiger partial charge is 0.347 e. The Balaban J connectivity index is 1.39. The maximum Gasteiger partial charge on any atom is 0.261 e. The fourth-order valence-electron chi connectivity index (χ4n) is 3.59. The average molecular weight is 359 g/mol. The Kier molecular flexibility index (Phi) is 4.66. The van der Waals surface area contributed by atoms with E-state index in [2.05, 4.69) is 47.5 Å². The first kappa shape index (κ1) is 16.2. The van der Waals surface area contributed by atoms with Crippen LogP contribution in [0.15, 0.2) is 45.5 Å². The van der Waals surface area contributed by atoms with Crippen LogP contribution >= 0.6 is 23.1 Å². The normalized spacial score (nSPS) is 25.6. The topological polar surface area (TPSA) is 32.3 Å². The number of hydrogen-bond acceptors (Lipinski definition) is 4. The van der Waals surface area contributed by atoms with E-state index in [-0.39, 0.29) is 5.91 Å². The van der Waals surface area contributed by atoms with Gasteiger partial charge < -0.3 is 10.2 Å². The second kappa shape index (κ2) is 6.90. The smallest absolute Gasteiger partial charge is 0.261 e. The van der Waals surface area contributed by atoms with Crippen molar-refractivity contribution < 1.29 is 4.79 Å². The highest BCUT2D eigenvalue weighted by Crippen LogP contribution is 2.34. The van der Waals surface area contributed by atoms with Crippen molar-refractivity contribution in [2.24, 2.45) is 5.92 Å². The van der Waals surface area contributed by atoms with Crippen LogP contribution in [0, 0.1) is 12.8 Å². The summed E-state index contributed by atoms with van der Waals surface area (Å²) in [6.07, 6.45) is 2.45. The highest BCUT2D eigenvalue weighted by Gasteiger charge is 2.35. The number of nitrogens with one attached hydrogen (secondary N) is 1. The molecule has 2 aromatic rings. The number of thiophene rings is 1. The number of carbonyl (C=O) groups is 1. The Morgan fingerprint density at radius 1 is 1.17 bits per heavy atom. The van der Waals surface area contributed by atoms with Gasteiger partial charge >= 0.3 is 0 Å². The number of piperidine rings is 3. The van der Waals surface area contributed by atoms with Gasteiger partial charge in [-0.2, -0.15) is 0 Å². The van der Waals surface area contributed by atoms with E-state index in [1.54, 1.807) is 23.1 Å². The van der Waals surface area contributed by atoms with Crippen LogP contribution in [0.5, 0.6) is 0 Å². The van der Waals surface area contributed by atoms with Gasteiger partial charge in [0.15, 0.2) is 0 Å². The number of carbonyl (C=O) groups excluding carboxylic acids is 1. The fraction of sp³-hybridized carbons (Fsp3) is 0.421. The molecule has 0 saturated carbocycles. The molecule has 1 N–H and O–H groups in total. The van der Waals surface area contributed by atoms with Gasteiger partial charge in [0, 0.05) is 17.5 Å². The number of amides is 1. The van der Waals surface area contributed by atoms with E-state index in [4.69, 9.17) is 0 Å². The van der Waals surface area contributed by atoms with Gasteiger partial charge in [0.2, 0.25) is 0 Å². The Bertz CT molecular complexity index is 717. The molecule has 24 heavy (non-hydrogen) atoms. The minimum absolute atomic E-state index is 0.0921. The summed E-state index contributed by atoms with van der Waals surface area (Å²) >= 11 is 3.31. The van der Waals surface area contributed by atoms with Crippen molar-refractivity contribution in [2.75, 3.05) is 19.6 Å². The SMILES string of the molecule is Cc1ccc(Sc2ccc(C(=O)N[C@H]3CN4CCC3CC4)s2)cc1. The van der Waals surface area contributed by atoms with Gasteiger partial charge in [-0.1, -0.05) is 29.5 Å². The Morgan fingerprint density at radius 2 is 1.92 bits per heavy atom. The van der Waals surface area contributed by atoms with Gasteiger partial charge in [-0.05, 0) is 63.0 Å². The van der Waals surface area contributed by atoms with Gasteiger partial charge in [-0.15, -0.1) is 11.3 Å². The van der Waals surface area contributed by atoms with Crippen molar-refractivity contribution in [2.45, 2.75) is 34.9 Å². The zero-order valence-electron chi connectivity index (χ0n) is 13.8. The van der Waals surface area contributed by atoms with E-state index < -0.39 is 0 Å². The van der Waals surface area contributed by atoms with Crippen molar-refractivity contribution >= 4 is 29.0 Å². The predicted molar refractivity (Wildman–Crippen MR) is 100 cm³/mol. The lowest BCUT2D eigenvalue weighted by Crippen LogP contribution is -2.57. The van der Waals surface area contributed by atoms with Gasteiger partial charge in [0.25, 0.3) is 5.91 Å². The molecule has 0 unspecified atom stereocenters. The molecule has 3 aliphatic heterocycles. The second-order valence-corrected chi connectivity index (χ2v) is 9.21.